The second kappa shape index (κ2) is 8.68. The zero-order valence-electron chi connectivity index (χ0n) is 16.3. The standard InChI is InChI=1S/C22H20Cl2N2O4/c1-13-15(12-19(27)26-8-10-29-11-9-26)14-4-2-7-18(21(14)30-13)25-22(28)20-16(23)5-3-6-17(20)24/h2-7H,8-12H2,1H3,(H,25,28). The van der Waals surface area contributed by atoms with Crippen LogP contribution < -0.4 is 5.32 Å². The molecule has 2 amide bonds. The molecule has 0 spiro atoms. The molecule has 0 unspecified atom stereocenters. The third-order valence-electron chi connectivity index (χ3n) is 5.15. The number of amides is 2. The zero-order chi connectivity index (χ0) is 21.3. The Balaban J connectivity index is 1.62. The highest BCUT2D eigenvalue weighted by molar-refractivity contribution is 6.40. The first-order valence-electron chi connectivity index (χ1n) is 9.57. The number of para-hydroxylation sites is 1. The fourth-order valence-electron chi connectivity index (χ4n) is 3.58. The van der Waals surface area contributed by atoms with Crippen molar-refractivity contribution in [1.29, 1.82) is 0 Å². The number of fused-ring (bicyclic) bond motifs is 1. The topological polar surface area (TPSA) is 71.8 Å². The number of hydrogen-bond donors (Lipinski definition) is 1. The van der Waals surface area contributed by atoms with Crippen molar-refractivity contribution in [2.75, 3.05) is 31.6 Å². The van der Waals surface area contributed by atoms with Gasteiger partial charge in [0.15, 0.2) is 5.58 Å². The van der Waals surface area contributed by atoms with Crippen molar-refractivity contribution < 1.29 is 18.7 Å². The van der Waals surface area contributed by atoms with E-state index in [0.29, 0.717) is 43.3 Å². The molecule has 0 radical (unpaired) electrons. The van der Waals surface area contributed by atoms with Crippen LogP contribution in [-0.4, -0.2) is 43.0 Å². The monoisotopic (exact) mass is 446 g/mol. The van der Waals surface area contributed by atoms with Crippen LogP contribution in [0.5, 0.6) is 0 Å². The lowest BCUT2D eigenvalue weighted by Crippen LogP contribution is -2.41. The van der Waals surface area contributed by atoms with Crippen molar-refractivity contribution in [3.63, 3.8) is 0 Å². The number of nitrogens with zero attached hydrogens (tertiary/aromatic N) is 1. The van der Waals surface area contributed by atoms with Crippen molar-refractivity contribution in [2.45, 2.75) is 13.3 Å². The number of hydrogen-bond acceptors (Lipinski definition) is 4. The third kappa shape index (κ3) is 4.03. The number of morpholine rings is 1. The van der Waals surface area contributed by atoms with Gasteiger partial charge < -0.3 is 19.4 Å². The summed E-state index contributed by atoms with van der Waals surface area (Å²) in [5.41, 5.74) is 2.01. The molecular formula is C22H20Cl2N2O4. The Kier molecular flexibility index (Phi) is 5.99. The summed E-state index contributed by atoms with van der Waals surface area (Å²) in [7, 11) is 0. The van der Waals surface area contributed by atoms with E-state index in [9.17, 15) is 9.59 Å². The van der Waals surface area contributed by atoms with E-state index in [1.807, 2.05) is 19.1 Å². The molecule has 30 heavy (non-hydrogen) atoms. The van der Waals surface area contributed by atoms with Gasteiger partial charge in [-0.05, 0) is 25.1 Å². The summed E-state index contributed by atoms with van der Waals surface area (Å²) >= 11 is 12.3. The van der Waals surface area contributed by atoms with E-state index in [4.69, 9.17) is 32.4 Å². The van der Waals surface area contributed by atoms with Crippen LogP contribution in [0.25, 0.3) is 11.0 Å². The van der Waals surface area contributed by atoms with Gasteiger partial charge in [0.2, 0.25) is 5.91 Å². The summed E-state index contributed by atoms with van der Waals surface area (Å²) in [5, 5.41) is 4.14. The van der Waals surface area contributed by atoms with Crippen LogP contribution in [0, 0.1) is 6.92 Å². The van der Waals surface area contributed by atoms with Gasteiger partial charge in [-0.3, -0.25) is 9.59 Å². The highest BCUT2D eigenvalue weighted by atomic mass is 35.5. The van der Waals surface area contributed by atoms with Crippen LogP contribution >= 0.6 is 23.2 Å². The third-order valence-corrected chi connectivity index (χ3v) is 5.78. The number of halogens is 2. The zero-order valence-corrected chi connectivity index (χ0v) is 17.8. The molecule has 1 fully saturated rings. The van der Waals surface area contributed by atoms with Gasteiger partial charge in [-0.15, -0.1) is 0 Å². The number of rotatable bonds is 4. The fourth-order valence-corrected chi connectivity index (χ4v) is 4.15. The predicted octanol–water partition coefficient (Wildman–Crippen LogP) is 4.70. The van der Waals surface area contributed by atoms with Crippen LogP contribution in [0.4, 0.5) is 5.69 Å². The van der Waals surface area contributed by atoms with E-state index in [-0.39, 0.29) is 27.9 Å². The quantitative estimate of drug-likeness (QED) is 0.630. The fraction of sp³-hybridized carbons (Fsp3) is 0.273. The van der Waals surface area contributed by atoms with E-state index in [2.05, 4.69) is 5.32 Å². The van der Waals surface area contributed by atoms with Crippen LogP contribution in [0.1, 0.15) is 21.7 Å². The van der Waals surface area contributed by atoms with Crippen LogP contribution in [0.15, 0.2) is 40.8 Å². The average molecular weight is 447 g/mol. The number of anilines is 1. The number of benzene rings is 2. The number of ether oxygens (including phenoxy) is 1. The van der Waals surface area contributed by atoms with Gasteiger partial charge in [-0.2, -0.15) is 0 Å². The molecule has 3 aromatic rings. The first kappa shape index (κ1) is 20.7. The lowest BCUT2D eigenvalue weighted by Gasteiger charge is -2.26. The van der Waals surface area contributed by atoms with Gasteiger partial charge in [0.25, 0.3) is 5.91 Å². The van der Waals surface area contributed by atoms with E-state index >= 15 is 0 Å². The molecule has 1 N–H and O–H groups in total. The van der Waals surface area contributed by atoms with E-state index in [1.54, 1.807) is 29.2 Å². The summed E-state index contributed by atoms with van der Waals surface area (Å²) in [6.07, 6.45) is 0.229. The maximum absolute atomic E-state index is 12.8. The van der Waals surface area contributed by atoms with Gasteiger partial charge in [0.05, 0.1) is 40.9 Å². The highest BCUT2D eigenvalue weighted by Gasteiger charge is 2.23. The van der Waals surface area contributed by atoms with Crippen molar-refractivity contribution in [2.24, 2.45) is 0 Å². The molecule has 0 aliphatic carbocycles. The van der Waals surface area contributed by atoms with E-state index in [1.165, 1.54) is 0 Å². The SMILES string of the molecule is Cc1oc2c(NC(=O)c3c(Cl)cccc3Cl)cccc2c1CC(=O)N1CCOCC1. The average Bonchev–Trinajstić information content (AvgIpc) is 3.05. The number of nitrogens with one attached hydrogen (secondary N) is 1. The predicted molar refractivity (Wildman–Crippen MR) is 116 cm³/mol. The van der Waals surface area contributed by atoms with Gasteiger partial charge in [0, 0.05) is 24.0 Å². The van der Waals surface area contributed by atoms with Gasteiger partial charge in [-0.25, -0.2) is 0 Å². The highest BCUT2D eigenvalue weighted by Crippen LogP contribution is 2.33. The van der Waals surface area contributed by atoms with Crippen LogP contribution in [-0.2, 0) is 16.0 Å². The Morgan fingerprint density at radius 2 is 1.73 bits per heavy atom. The molecular weight excluding hydrogens is 427 g/mol. The lowest BCUT2D eigenvalue weighted by molar-refractivity contribution is -0.134. The Morgan fingerprint density at radius 1 is 1.07 bits per heavy atom. The molecule has 0 saturated carbocycles. The maximum Gasteiger partial charge on any atom is 0.258 e. The first-order chi connectivity index (χ1) is 14.5. The molecule has 156 valence electrons. The molecule has 0 bridgehead atoms. The summed E-state index contributed by atoms with van der Waals surface area (Å²) in [6, 6.07) is 10.3. The van der Waals surface area contributed by atoms with Crippen molar-refractivity contribution in [3.05, 3.63) is 63.3 Å². The van der Waals surface area contributed by atoms with Gasteiger partial charge >= 0.3 is 0 Å². The van der Waals surface area contributed by atoms with Crippen molar-refractivity contribution >= 4 is 51.7 Å². The Hall–Kier alpha value is -2.54. The number of carbonyl (C=O) groups is 2. The minimum Gasteiger partial charge on any atom is -0.459 e. The van der Waals surface area contributed by atoms with E-state index in [0.717, 1.165) is 10.9 Å². The Bertz CT molecular complexity index is 1100. The summed E-state index contributed by atoms with van der Waals surface area (Å²) < 4.78 is 11.3. The van der Waals surface area contributed by atoms with Gasteiger partial charge in [0.1, 0.15) is 5.76 Å². The minimum atomic E-state index is -0.432. The molecule has 1 aliphatic heterocycles. The smallest absolute Gasteiger partial charge is 0.258 e. The molecule has 1 saturated heterocycles. The van der Waals surface area contributed by atoms with Crippen LogP contribution in [0.2, 0.25) is 10.0 Å². The minimum absolute atomic E-state index is 0.0291. The lowest BCUT2D eigenvalue weighted by atomic mass is 10.1. The molecule has 4 rings (SSSR count). The molecule has 1 aliphatic rings. The van der Waals surface area contributed by atoms with Gasteiger partial charge in [-0.1, -0.05) is 41.4 Å². The van der Waals surface area contributed by atoms with E-state index < -0.39 is 5.91 Å². The van der Waals surface area contributed by atoms with Crippen molar-refractivity contribution in [3.8, 4) is 0 Å². The summed E-state index contributed by atoms with van der Waals surface area (Å²) in [5.74, 6) is 0.239. The Labute approximate surface area is 183 Å². The maximum atomic E-state index is 12.8. The Morgan fingerprint density at radius 3 is 2.43 bits per heavy atom. The number of furan rings is 1. The summed E-state index contributed by atoms with van der Waals surface area (Å²) in [4.78, 5) is 27.3. The molecule has 6 nitrogen and oxygen atoms in total. The second-order valence-corrected chi connectivity index (χ2v) is 7.85. The molecule has 2 aromatic carbocycles. The second-order valence-electron chi connectivity index (χ2n) is 7.04. The molecule has 2 heterocycles. The largest absolute Gasteiger partial charge is 0.459 e. The molecule has 0 atom stereocenters. The number of aryl methyl sites for hydroxylation is 1. The number of carbonyl (C=O) groups excluding carboxylic acids is 2. The normalized spacial score (nSPS) is 14.2. The van der Waals surface area contributed by atoms with Crippen molar-refractivity contribution in [1.82, 2.24) is 4.90 Å². The molecule has 8 heteroatoms. The molecule has 1 aromatic heterocycles. The first-order valence-corrected chi connectivity index (χ1v) is 10.3. The summed E-state index contributed by atoms with van der Waals surface area (Å²) in [6.45, 7) is 4.11. The van der Waals surface area contributed by atoms with Crippen LogP contribution in [0.3, 0.4) is 0 Å².